The maximum absolute atomic E-state index is 5.42. The van der Waals surface area contributed by atoms with Crippen LogP contribution in [0.1, 0.15) is 32.4 Å². The van der Waals surface area contributed by atoms with E-state index in [2.05, 4.69) is 19.2 Å². The van der Waals surface area contributed by atoms with Crippen LogP contribution in [0.3, 0.4) is 0 Å². The maximum atomic E-state index is 5.42. The molecule has 0 aromatic carbocycles. The average molecular weight is 237 g/mol. The number of ether oxygens (including phenoxy) is 1. The van der Waals surface area contributed by atoms with Gasteiger partial charge in [-0.2, -0.15) is 0 Å². The Kier molecular flexibility index (Phi) is 4.63. The SMILES string of the molecule is CC(CCc1ccco1)NC(C)C1CCOC1. The molecule has 3 nitrogen and oxygen atoms in total. The Labute approximate surface area is 104 Å². The Bertz CT molecular complexity index is 304. The van der Waals surface area contributed by atoms with Crippen molar-refractivity contribution in [2.24, 2.45) is 5.92 Å². The van der Waals surface area contributed by atoms with Gasteiger partial charge in [0.2, 0.25) is 0 Å². The molecule has 0 spiro atoms. The van der Waals surface area contributed by atoms with Crippen molar-refractivity contribution in [2.75, 3.05) is 13.2 Å². The summed E-state index contributed by atoms with van der Waals surface area (Å²) in [7, 11) is 0. The van der Waals surface area contributed by atoms with E-state index < -0.39 is 0 Å². The quantitative estimate of drug-likeness (QED) is 0.826. The predicted molar refractivity (Wildman–Crippen MR) is 68.0 cm³/mol. The molecule has 17 heavy (non-hydrogen) atoms. The standard InChI is InChI=1S/C14H23NO2/c1-11(5-6-14-4-3-8-17-14)15-12(2)13-7-9-16-10-13/h3-4,8,11-13,15H,5-7,9-10H2,1-2H3. The molecule has 0 amide bonds. The van der Waals surface area contributed by atoms with E-state index in [0.29, 0.717) is 18.0 Å². The Morgan fingerprint density at radius 2 is 2.35 bits per heavy atom. The van der Waals surface area contributed by atoms with Crippen molar-refractivity contribution in [1.29, 1.82) is 0 Å². The summed E-state index contributed by atoms with van der Waals surface area (Å²) in [6.07, 6.45) is 5.06. The van der Waals surface area contributed by atoms with E-state index in [-0.39, 0.29) is 0 Å². The van der Waals surface area contributed by atoms with Gasteiger partial charge in [-0.05, 0) is 44.7 Å². The molecule has 1 saturated heterocycles. The van der Waals surface area contributed by atoms with Gasteiger partial charge in [-0.3, -0.25) is 0 Å². The van der Waals surface area contributed by atoms with Gasteiger partial charge in [0.05, 0.1) is 12.9 Å². The number of hydrogen-bond acceptors (Lipinski definition) is 3. The molecule has 1 aliphatic rings. The zero-order valence-corrected chi connectivity index (χ0v) is 10.8. The molecule has 0 bridgehead atoms. The van der Waals surface area contributed by atoms with Crippen LogP contribution >= 0.6 is 0 Å². The van der Waals surface area contributed by atoms with E-state index in [0.717, 1.165) is 31.8 Å². The molecule has 1 fully saturated rings. The van der Waals surface area contributed by atoms with Crippen LogP contribution in [0, 0.1) is 5.92 Å². The fraction of sp³-hybridized carbons (Fsp3) is 0.714. The molecule has 1 aromatic rings. The molecule has 2 heterocycles. The average Bonchev–Trinajstić information content (AvgIpc) is 2.99. The van der Waals surface area contributed by atoms with E-state index in [9.17, 15) is 0 Å². The summed E-state index contributed by atoms with van der Waals surface area (Å²) < 4.78 is 10.8. The smallest absolute Gasteiger partial charge is 0.103 e. The van der Waals surface area contributed by atoms with Crippen molar-refractivity contribution in [3.05, 3.63) is 24.2 Å². The second kappa shape index (κ2) is 6.22. The topological polar surface area (TPSA) is 34.4 Å². The van der Waals surface area contributed by atoms with Gasteiger partial charge < -0.3 is 14.5 Å². The highest BCUT2D eigenvalue weighted by atomic mass is 16.5. The van der Waals surface area contributed by atoms with Gasteiger partial charge in [-0.25, -0.2) is 0 Å². The Balaban J connectivity index is 1.67. The fourth-order valence-corrected chi connectivity index (χ4v) is 2.43. The van der Waals surface area contributed by atoms with E-state index in [1.165, 1.54) is 6.42 Å². The van der Waals surface area contributed by atoms with Gasteiger partial charge in [0.15, 0.2) is 0 Å². The maximum Gasteiger partial charge on any atom is 0.103 e. The zero-order chi connectivity index (χ0) is 12.1. The summed E-state index contributed by atoms with van der Waals surface area (Å²) in [5.74, 6) is 1.76. The lowest BCUT2D eigenvalue weighted by Crippen LogP contribution is -2.40. The van der Waals surface area contributed by atoms with Crippen molar-refractivity contribution in [3.63, 3.8) is 0 Å². The van der Waals surface area contributed by atoms with Crippen molar-refractivity contribution in [3.8, 4) is 0 Å². The molecule has 2 rings (SSSR count). The number of hydrogen-bond donors (Lipinski definition) is 1. The Morgan fingerprint density at radius 1 is 1.47 bits per heavy atom. The molecular weight excluding hydrogens is 214 g/mol. The highest BCUT2D eigenvalue weighted by Gasteiger charge is 2.23. The lowest BCUT2D eigenvalue weighted by Gasteiger charge is -2.23. The van der Waals surface area contributed by atoms with E-state index >= 15 is 0 Å². The summed E-state index contributed by atoms with van der Waals surface area (Å²) in [6, 6.07) is 5.06. The van der Waals surface area contributed by atoms with Gasteiger partial charge in [0, 0.05) is 25.1 Å². The van der Waals surface area contributed by atoms with Crippen LogP contribution in [0.4, 0.5) is 0 Å². The molecule has 1 aliphatic heterocycles. The minimum atomic E-state index is 0.524. The normalized spacial score (nSPS) is 23.8. The molecule has 0 radical (unpaired) electrons. The fourth-order valence-electron chi connectivity index (χ4n) is 2.43. The molecule has 3 heteroatoms. The molecule has 0 aliphatic carbocycles. The summed E-state index contributed by atoms with van der Waals surface area (Å²) in [4.78, 5) is 0. The second-order valence-electron chi connectivity index (χ2n) is 5.10. The Morgan fingerprint density at radius 3 is 3.00 bits per heavy atom. The lowest BCUT2D eigenvalue weighted by molar-refractivity contribution is 0.176. The zero-order valence-electron chi connectivity index (χ0n) is 10.8. The molecular formula is C14H23NO2. The summed E-state index contributed by atoms with van der Waals surface area (Å²) in [6.45, 7) is 6.36. The van der Waals surface area contributed by atoms with Crippen LogP contribution in [0.25, 0.3) is 0 Å². The third-order valence-electron chi connectivity index (χ3n) is 3.62. The minimum absolute atomic E-state index is 0.524. The minimum Gasteiger partial charge on any atom is -0.469 e. The first kappa shape index (κ1) is 12.7. The largest absolute Gasteiger partial charge is 0.469 e. The third kappa shape index (κ3) is 3.86. The third-order valence-corrected chi connectivity index (χ3v) is 3.62. The monoisotopic (exact) mass is 237 g/mol. The number of furan rings is 1. The van der Waals surface area contributed by atoms with Crippen molar-refractivity contribution in [2.45, 2.75) is 45.2 Å². The molecule has 3 atom stereocenters. The highest BCUT2D eigenvalue weighted by Crippen LogP contribution is 2.17. The summed E-state index contributed by atoms with van der Waals surface area (Å²) in [5.41, 5.74) is 0. The number of nitrogens with one attached hydrogen (secondary N) is 1. The van der Waals surface area contributed by atoms with Crippen LogP contribution in [-0.4, -0.2) is 25.3 Å². The van der Waals surface area contributed by atoms with Crippen molar-refractivity contribution >= 4 is 0 Å². The number of aryl methyl sites for hydroxylation is 1. The van der Waals surface area contributed by atoms with E-state index in [1.54, 1.807) is 6.26 Å². The van der Waals surface area contributed by atoms with Gasteiger partial charge in [0.1, 0.15) is 5.76 Å². The lowest BCUT2D eigenvalue weighted by atomic mass is 9.99. The van der Waals surface area contributed by atoms with Gasteiger partial charge in [0.25, 0.3) is 0 Å². The molecule has 96 valence electrons. The van der Waals surface area contributed by atoms with Crippen molar-refractivity contribution < 1.29 is 9.15 Å². The summed E-state index contributed by atoms with van der Waals surface area (Å²) in [5, 5.41) is 3.66. The first-order valence-electron chi connectivity index (χ1n) is 6.62. The van der Waals surface area contributed by atoms with Crippen molar-refractivity contribution in [1.82, 2.24) is 5.32 Å². The van der Waals surface area contributed by atoms with Crippen LogP contribution in [-0.2, 0) is 11.2 Å². The van der Waals surface area contributed by atoms with Crippen LogP contribution in [0.15, 0.2) is 22.8 Å². The highest BCUT2D eigenvalue weighted by molar-refractivity contribution is 4.98. The van der Waals surface area contributed by atoms with E-state index in [1.807, 2.05) is 12.1 Å². The van der Waals surface area contributed by atoms with Crippen LogP contribution in [0.2, 0.25) is 0 Å². The second-order valence-corrected chi connectivity index (χ2v) is 5.10. The predicted octanol–water partition coefficient (Wildman–Crippen LogP) is 2.62. The first-order chi connectivity index (χ1) is 8.25. The first-order valence-corrected chi connectivity index (χ1v) is 6.62. The van der Waals surface area contributed by atoms with Crippen LogP contribution < -0.4 is 5.32 Å². The van der Waals surface area contributed by atoms with Gasteiger partial charge in [-0.1, -0.05) is 0 Å². The van der Waals surface area contributed by atoms with E-state index in [4.69, 9.17) is 9.15 Å². The molecule has 0 saturated carbocycles. The summed E-state index contributed by atoms with van der Waals surface area (Å²) >= 11 is 0. The molecule has 1 N–H and O–H groups in total. The molecule has 1 aromatic heterocycles. The van der Waals surface area contributed by atoms with Crippen LogP contribution in [0.5, 0.6) is 0 Å². The Hall–Kier alpha value is -0.800. The van der Waals surface area contributed by atoms with Gasteiger partial charge in [-0.15, -0.1) is 0 Å². The number of rotatable bonds is 6. The van der Waals surface area contributed by atoms with Gasteiger partial charge >= 0.3 is 0 Å². The molecule has 3 unspecified atom stereocenters.